The maximum absolute atomic E-state index is 13.2. The van der Waals surface area contributed by atoms with Crippen molar-refractivity contribution in [2.45, 2.75) is 31.6 Å². The van der Waals surface area contributed by atoms with E-state index in [-0.39, 0.29) is 24.2 Å². The van der Waals surface area contributed by atoms with Gasteiger partial charge in [0, 0.05) is 35.9 Å². The number of carbonyl (C=O) groups is 1. The van der Waals surface area contributed by atoms with Gasteiger partial charge in [-0.1, -0.05) is 12.0 Å². The first-order chi connectivity index (χ1) is 17.2. The van der Waals surface area contributed by atoms with E-state index in [4.69, 9.17) is 15.2 Å². The Hall–Kier alpha value is -3.84. The first-order valence-electron chi connectivity index (χ1n) is 11.5. The average Bonchev–Trinajstić information content (AvgIpc) is 3.19. The fourth-order valence-electron chi connectivity index (χ4n) is 4.12. The number of nitrogens with two attached hydrogens (primary N) is 1. The van der Waals surface area contributed by atoms with E-state index in [0.717, 1.165) is 17.4 Å². The van der Waals surface area contributed by atoms with E-state index < -0.39 is 12.7 Å². The van der Waals surface area contributed by atoms with Gasteiger partial charge >= 0.3 is 6.18 Å². The summed E-state index contributed by atoms with van der Waals surface area (Å²) >= 11 is 0. The molecule has 0 bridgehead atoms. The Bertz CT molecular complexity index is 1300. The molecule has 1 saturated heterocycles. The summed E-state index contributed by atoms with van der Waals surface area (Å²) in [7, 11) is 1.49. The lowest BCUT2D eigenvalue weighted by molar-refractivity contribution is -0.140. The van der Waals surface area contributed by atoms with Gasteiger partial charge in [-0.2, -0.15) is 13.2 Å². The highest BCUT2D eigenvalue weighted by molar-refractivity contribution is 5.95. The van der Waals surface area contributed by atoms with E-state index in [9.17, 15) is 18.0 Å². The van der Waals surface area contributed by atoms with Crippen LogP contribution in [0.5, 0.6) is 5.75 Å². The Morgan fingerprint density at radius 2 is 2.00 bits per heavy atom. The molecule has 0 spiro atoms. The summed E-state index contributed by atoms with van der Waals surface area (Å²) in [6.45, 7) is 0.237. The molecular formula is C26H27F3N4O3. The summed E-state index contributed by atoms with van der Waals surface area (Å²) in [4.78, 5) is 12.6. The summed E-state index contributed by atoms with van der Waals surface area (Å²) in [6.07, 6.45) is -2.86. The lowest BCUT2D eigenvalue weighted by atomic mass is 10.1. The molecule has 1 fully saturated rings. The number of hydrogen-bond donors (Lipinski definition) is 3. The van der Waals surface area contributed by atoms with E-state index in [0.29, 0.717) is 46.8 Å². The number of benzene rings is 2. The molecule has 0 saturated carbocycles. The number of nitrogens with zero attached hydrogens (tertiary/aromatic N) is 1. The minimum Gasteiger partial charge on any atom is -0.495 e. The van der Waals surface area contributed by atoms with Gasteiger partial charge in [-0.25, -0.2) is 0 Å². The number of methoxy groups -OCH3 is 1. The Morgan fingerprint density at radius 1 is 1.22 bits per heavy atom. The van der Waals surface area contributed by atoms with Crippen LogP contribution in [0.4, 0.5) is 24.5 Å². The first kappa shape index (κ1) is 25.3. The van der Waals surface area contributed by atoms with Crippen molar-refractivity contribution in [3.05, 3.63) is 53.7 Å². The van der Waals surface area contributed by atoms with Crippen LogP contribution in [0.2, 0.25) is 0 Å². The molecule has 1 aromatic heterocycles. The topological polar surface area (TPSA) is 90.5 Å². The van der Waals surface area contributed by atoms with Gasteiger partial charge in [-0.05, 0) is 55.2 Å². The van der Waals surface area contributed by atoms with Gasteiger partial charge in [0.15, 0.2) is 0 Å². The molecule has 4 rings (SSSR count). The second kappa shape index (κ2) is 10.8. The molecule has 3 aromatic rings. The van der Waals surface area contributed by atoms with Gasteiger partial charge in [0.2, 0.25) is 0 Å². The maximum atomic E-state index is 13.2. The van der Waals surface area contributed by atoms with Crippen molar-refractivity contribution in [3.8, 4) is 17.6 Å². The zero-order valence-electron chi connectivity index (χ0n) is 19.7. The highest BCUT2D eigenvalue weighted by Gasteiger charge is 2.29. The molecule has 2 heterocycles. The number of amides is 1. The molecule has 1 aliphatic rings. The first-order valence-corrected chi connectivity index (χ1v) is 11.5. The number of nitrogens with one attached hydrogen (secondary N) is 2. The van der Waals surface area contributed by atoms with Crippen LogP contribution in [0.25, 0.3) is 10.9 Å². The Morgan fingerprint density at radius 3 is 2.72 bits per heavy atom. The predicted octanol–water partition coefficient (Wildman–Crippen LogP) is 4.17. The van der Waals surface area contributed by atoms with Gasteiger partial charge in [0.05, 0.1) is 30.6 Å². The highest BCUT2D eigenvalue weighted by Crippen LogP contribution is 2.29. The van der Waals surface area contributed by atoms with Crippen molar-refractivity contribution in [2.24, 2.45) is 0 Å². The molecule has 0 radical (unpaired) electrons. The van der Waals surface area contributed by atoms with Crippen LogP contribution >= 0.6 is 0 Å². The lowest BCUT2D eigenvalue weighted by Gasteiger charge is -2.23. The quantitative estimate of drug-likeness (QED) is 0.349. The molecule has 0 aliphatic carbocycles. The van der Waals surface area contributed by atoms with Crippen molar-refractivity contribution in [2.75, 3.05) is 37.9 Å². The number of rotatable bonds is 6. The third-order valence-corrected chi connectivity index (χ3v) is 5.92. The number of alkyl halides is 3. The highest BCUT2D eigenvalue weighted by atomic mass is 19.4. The third kappa shape index (κ3) is 6.04. The molecule has 0 unspecified atom stereocenters. The predicted molar refractivity (Wildman–Crippen MR) is 132 cm³/mol. The Balaban J connectivity index is 1.47. The van der Waals surface area contributed by atoms with Crippen LogP contribution in [-0.2, 0) is 11.3 Å². The van der Waals surface area contributed by atoms with Gasteiger partial charge in [-0.3, -0.25) is 4.79 Å². The number of aromatic nitrogens is 1. The molecule has 2 aromatic carbocycles. The van der Waals surface area contributed by atoms with Crippen LogP contribution in [0.1, 0.15) is 28.9 Å². The van der Waals surface area contributed by atoms with Crippen molar-refractivity contribution in [3.63, 3.8) is 0 Å². The summed E-state index contributed by atoms with van der Waals surface area (Å²) < 4.78 is 51.4. The van der Waals surface area contributed by atoms with Crippen LogP contribution in [0.15, 0.2) is 42.5 Å². The van der Waals surface area contributed by atoms with Gasteiger partial charge < -0.3 is 30.4 Å². The Kier molecular flexibility index (Phi) is 7.60. The number of carbonyl (C=O) groups excluding carboxylic acids is 1. The van der Waals surface area contributed by atoms with E-state index in [2.05, 4.69) is 22.5 Å². The van der Waals surface area contributed by atoms with Crippen LogP contribution in [-0.4, -0.2) is 49.6 Å². The van der Waals surface area contributed by atoms with Crippen molar-refractivity contribution >= 4 is 28.2 Å². The van der Waals surface area contributed by atoms with Crippen molar-refractivity contribution < 1.29 is 27.4 Å². The minimum absolute atomic E-state index is 0.0774. The molecule has 1 amide bonds. The lowest BCUT2D eigenvalue weighted by Crippen LogP contribution is -2.38. The van der Waals surface area contributed by atoms with Crippen LogP contribution in [0, 0.1) is 11.8 Å². The molecule has 0 atom stereocenters. The molecule has 10 heteroatoms. The number of halogens is 3. The van der Waals surface area contributed by atoms with E-state index >= 15 is 0 Å². The van der Waals surface area contributed by atoms with Crippen LogP contribution < -0.4 is 21.1 Å². The summed E-state index contributed by atoms with van der Waals surface area (Å²) in [5.41, 5.74) is 8.00. The number of ether oxygens (including phenoxy) is 2. The molecule has 36 heavy (non-hydrogen) atoms. The summed E-state index contributed by atoms with van der Waals surface area (Å²) in [5.74, 6) is 5.94. The standard InChI is InChI=1S/C26H27F3N4O3/c1-35-24-14-17(25(34)32-18-9-12-36-13-10-18)7-8-22(24)31-11-3-4-19-15-20-21(30)5-2-6-23(20)33(19)16-26(27,28)29/h2,5-8,14-15,18,31H,9-13,16,30H2,1H3,(H,32,34). The average molecular weight is 501 g/mol. The van der Waals surface area contributed by atoms with Crippen LogP contribution in [0.3, 0.4) is 0 Å². The second-order valence-corrected chi connectivity index (χ2v) is 8.44. The monoisotopic (exact) mass is 500 g/mol. The maximum Gasteiger partial charge on any atom is 0.406 e. The minimum atomic E-state index is -4.41. The molecule has 7 nitrogen and oxygen atoms in total. The van der Waals surface area contributed by atoms with Gasteiger partial charge in [0.25, 0.3) is 5.91 Å². The molecule has 190 valence electrons. The van der Waals surface area contributed by atoms with Gasteiger partial charge in [-0.15, -0.1) is 0 Å². The van der Waals surface area contributed by atoms with Gasteiger partial charge in [0.1, 0.15) is 12.3 Å². The van der Waals surface area contributed by atoms with E-state index in [1.54, 1.807) is 42.5 Å². The fraction of sp³-hybridized carbons (Fsp3) is 0.346. The van der Waals surface area contributed by atoms with E-state index in [1.807, 2.05) is 0 Å². The fourth-order valence-corrected chi connectivity index (χ4v) is 4.12. The number of hydrogen-bond acceptors (Lipinski definition) is 5. The molecular weight excluding hydrogens is 473 g/mol. The third-order valence-electron chi connectivity index (χ3n) is 5.92. The SMILES string of the molecule is COc1cc(C(=O)NC2CCOCC2)ccc1NCC#Cc1cc2c(N)cccc2n1CC(F)(F)F. The Labute approximate surface area is 206 Å². The number of nitrogen functional groups attached to an aromatic ring is 1. The van der Waals surface area contributed by atoms with Crippen molar-refractivity contribution in [1.29, 1.82) is 0 Å². The summed E-state index contributed by atoms with van der Waals surface area (Å²) in [6, 6.07) is 11.5. The van der Waals surface area contributed by atoms with Crippen molar-refractivity contribution in [1.82, 2.24) is 9.88 Å². The van der Waals surface area contributed by atoms with E-state index in [1.165, 1.54) is 7.11 Å². The number of anilines is 2. The molecule has 1 aliphatic heterocycles. The number of fused-ring (bicyclic) bond motifs is 1. The largest absolute Gasteiger partial charge is 0.495 e. The smallest absolute Gasteiger partial charge is 0.406 e. The zero-order chi connectivity index (χ0) is 25.7. The normalized spacial score (nSPS) is 14.2. The summed E-state index contributed by atoms with van der Waals surface area (Å²) in [5, 5.41) is 6.62. The second-order valence-electron chi connectivity index (χ2n) is 8.44. The molecule has 4 N–H and O–H groups in total. The zero-order valence-corrected chi connectivity index (χ0v) is 19.7.